The van der Waals surface area contributed by atoms with Gasteiger partial charge in [-0.1, -0.05) is 63.4 Å². The van der Waals surface area contributed by atoms with Crippen molar-refractivity contribution in [2.24, 2.45) is 0 Å². The summed E-state index contributed by atoms with van der Waals surface area (Å²) in [5.41, 5.74) is 2.53. The first-order valence-electron chi connectivity index (χ1n) is 5.90. The van der Waals surface area contributed by atoms with Crippen LogP contribution in [0.1, 0.15) is 11.1 Å². The van der Waals surface area contributed by atoms with Gasteiger partial charge in [0.2, 0.25) is 0 Å². The van der Waals surface area contributed by atoms with Crippen LogP contribution >= 0.6 is 39.1 Å². The molecule has 0 amide bonds. The fourth-order valence-electron chi connectivity index (χ4n) is 1.65. The zero-order chi connectivity index (χ0) is 13.7. The first-order chi connectivity index (χ1) is 9.19. The molecule has 2 aromatic carbocycles. The van der Waals surface area contributed by atoms with E-state index in [9.17, 15) is 0 Å². The number of hydrogen-bond acceptors (Lipinski definition) is 1. The second-order valence-electron chi connectivity index (χ2n) is 4.12. The minimum absolute atomic E-state index is 0.515. The molecule has 2 rings (SSSR count). The van der Waals surface area contributed by atoms with Crippen molar-refractivity contribution in [3.05, 3.63) is 63.6 Å². The Morgan fingerprint density at radius 1 is 0.895 bits per heavy atom. The molecule has 4 heteroatoms. The summed E-state index contributed by atoms with van der Waals surface area (Å²) < 4.78 is 5.65. The Morgan fingerprint density at radius 2 is 1.58 bits per heavy atom. The van der Waals surface area contributed by atoms with Gasteiger partial charge in [-0.25, -0.2) is 0 Å². The van der Waals surface area contributed by atoms with E-state index in [1.54, 1.807) is 12.1 Å². The monoisotopic (exact) mass is 358 g/mol. The lowest BCUT2D eigenvalue weighted by atomic mass is 10.1. The third kappa shape index (κ3) is 4.41. The molecule has 0 spiro atoms. The molecule has 1 nitrogen and oxygen atoms in total. The van der Waals surface area contributed by atoms with Gasteiger partial charge < -0.3 is 4.74 Å². The van der Waals surface area contributed by atoms with E-state index in [0.29, 0.717) is 16.7 Å². The fourth-order valence-corrected chi connectivity index (χ4v) is 2.31. The highest BCUT2D eigenvalue weighted by atomic mass is 79.9. The third-order valence-corrected chi connectivity index (χ3v) is 4.11. The van der Waals surface area contributed by atoms with E-state index in [4.69, 9.17) is 27.9 Å². The van der Waals surface area contributed by atoms with Crippen LogP contribution in [0.2, 0.25) is 10.0 Å². The average molecular weight is 360 g/mol. The maximum Gasteiger partial charge on any atom is 0.120 e. The van der Waals surface area contributed by atoms with Gasteiger partial charge in [0.1, 0.15) is 5.75 Å². The molecule has 0 saturated heterocycles. The van der Waals surface area contributed by atoms with E-state index < -0.39 is 0 Å². The standard InChI is InChI=1S/C15H13BrCl2O/c16-10-12-3-1-11(2-4-12)7-8-19-13-5-6-14(17)15(18)9-13/h1-6,9H,7-8,10H2. The topological polar surface area (TPSA) is 9.23 Å². The Morgan fingerprint density at radius 3 is 2.21 bits per heavy atom. The van der Waals surface area contributed by atoms with Crippen LogP contribution in [0, 0.1) is 0 Å². The molecular formula is C15H13BrCl2O. The number of benzene rings is 2. The quantitative estimate of drug-likeness (QED) is 0.639. The SMILES string of the molecule is Clc1ccc(OCCc2ccc(CBr)cc2)cc1Cl. The van der Waals surface area contributed by atoms with Gasteiger partial charge in [0.05, 0.1) is 16.7 Å². The van der Waals surface area contributed by atoms with Crippen molar-refractivity contribution in [1.29, 1.82) is 0 Å². The predicted molar refractivity (Wildman–Crippen MR) is 84.7 cm³/mol. The van der Waals surface area contributed by atoms with Gasteiger partial charge in [-0.05, 0) is 23.3 Å². The Balaban J connectivity index is 1.86. The minimum Gasteiger partial charge on any atom is -0.493 e. The molecule has 0 fully saturated rings. The molecule has 0 N–H and O–H groups in total. The third-order valence-electron chi connectivity index (χ3n) is 2.73. The fraction of sp³-hybridized carbons (Fsp3) is 0.200. The molecule has 0 radical (unpaired) electrons. The minimum atomic E-state index is 0.515. The van der Waals surface area contributed by atoms with Crippen LogP contribution < -0.4 is 4.74 Å². The van der Waals surface area contributed by atoms with Crippen molar-refractivity contribution in [1.82, 2.24) is 0 Å². The number of ether oxygens (including phenoxy) is 1. The summed E-state index contributed by atoms with van der Waals surface area (Å²) in [6.07, 6.45) is 0.864. The molecule has 0 saturated carbocycles. The van der Waals surface area contributed by atoms with Gasteiger partial charge in [-0.15, -0.1) is 0 Å². The maximum absolute atomic E-state index is 5.93. The van der Waals surface area contributed by atoms with E-state index in [1.165, 1.54) is 11.1 Å². The molecule has 0 unspecified atom stereocenters. The Kier molecular flexibility index (Phi) is 5.56. The lowest BCUT2D eigenvalue weighted by molar-refractivity contribution is 0.322. The molecule has 0 heterocycles. The smallest absolute Gasteiger partial charge is 0.120 e. The Labute approximate surface area is 131 Å². The van der Waals surface area contributed by atoms with Gasteiger partial charge >= 0.3 is 0 Å². The van der Waals surface area contributed by atoms with Crippen molar-refractivity contribution in [2.75, 3.05) is 6.61 Å². The van der Waals surface area contributed by atoms with Gasteiger partial charge in [0.15, 0.2) is 0 Å². The predicted octanol–water partition coefficient (Wildman–Crippen LogP) is 5.51. The highest BCUT2D eigenvalue weighted by Gasteiger charge is 2.01. The molecular weight excluding hydrogens is 347 g/mol. The van der Waals surface area contributed by atoms with Crippen LogP contribution in [-0.2, 0) is 11.8 Å². The summed E-state index contributed by atoms with van der Waals surface area (Å²) in [7, 11) is 0. The molecule has 0 aliphatic heterocycles. The lowest BCUT2D eigenvalue weighted by Crippen LogP contribution is -2.01. The second-order valence-corrected chi connectivity index (χ2v) is 5.50. The van der Waals surface area contributed by atoms with Crippen molar-refractivity contribution in [3.63, 3.8) is 0 Å². The number of halogens is 3. The molecule has 19 heavy (non-hydrogen) atoms. The van der Waals surface area contributed by atoms with E-state index in [-0.39, 0.29) is 0 Å². The molecule has 0 aromatic heterocycles. The molecule has 0 atom stereocenters. The zero-order valence-corrected chi connectivity index (χ0v) is 13.3. The van der Waals surface area contributed by atoms with Crippen molar-refractivity contribution < 1.29 is 4.74 Å². The summed E-state index contributed by atoms with van der Waals surface area (Å²) in [4.78, 5) is 0. The van der Waals surface area contributed by atoms with Crippen LogP contribution in [0.15, 0.2) is 42.5 Å². The summed E-state index contributed by atoms with van der Waals surface area (Å²) in [6, 6.07) is 13.8. The highest BCUT2D eigenvalue weighted by Crippen LogP contribution is 2.26. The van der Waals surface area contributed by atoms with E-state index in [2.05, 4.69) is 40.2 Å². The van der Waals surface area contributed by atoms with Gasteiger partial charge in [-0.3, -0.25) is 0 Å². The van der Waals surface area contributed by atoms with Crippen molar-refractivity contribution in [2.45, 2.75) is 11.8 Å². The van der Waals surface area contributed by atoms with Crippen LogP contribution in [0.25, 0.3) is 0 Å². The molecule has 2 aromatic rings. The van der Waals surface area contributed by atoms with E-state index in [0.717, 1.165) is 17.5 Å². The summed E-state index contributed by atoms with van der Waals surface area (Å²) in [5, 5.41) is 1.94. The van der Waals surface area contributed by atoms with E-state index in [1.807, 2.05) is 6.07 Å². The first kappa shape index (κ1) is 14.7. The van der Waals surface area contributed by atoms with Crippen molar-refractivity contribution in [3.8, 4) is 5.75 Å². The molecule has 100 valence electrons. The van der Waals surface area contributed by atoms with Crippen LogP contribution in [-0.4, -0.2) is 6.61 Å². The normalized spacial score (nSPS) is 10.5. The Hall–Kier alpha value is -0.700. The van der Waals surface area contributed by atoms with Gasteiger partial charge in [0, 0.05) is 17.8 Å². The molecule has 0 aliphatic carbocycles. The Bertz CT molecular complexity index is 540. The lowest BCUT2D eigenvalue weighted by Gasteiger charge is -2.07. The van der Waals surface area contributed by atoms with Crippen LogP contribution in [0.3, 0.4) is 0 Å². The van der Waals surface area contributed by atoms with Gasteiger partial charge in [0.25, 0.3) is 0 Å². The van der Waals surface area contributed by atoms with Crippen molar-refractivity contribution >= 4 is 39.1 Å². The molecule has 0 bridgehead atoms. The van der Waals surface area contributed by atoms with Gasteiger partial charge in [-0.2, -0.15) is 0 Å². The second kappa shape index (κ2) is 7.18. The number of hydrogen-bond donors (Lipinski definition) is 0. The van der Waals surface area contributed by atoms with Crippen LogP contribution in [0.4, 0.5) is 0 Å². The number of rotatable bonds is 5. The number of alkyl halides is 1. The maximum atomic E-state index is 5.93. The summed E-state index contributed by atoms with van der Waals surface area (Å²) >= 11 is 15.2. The largest absolute Gasteiger partial charge is 0.493 e. The summed E-state index contributed by atoms with van der Waals surface area (Å²) in [6.45, 7) is 0.617. The van der Waals surface area contributed by atoms with Crippen LogP contribution in [0.5, 0.6) is 5.75 Å². The highest BCUT2D eigenvalue weighted by molar-refractivity contribution is 9.08. The zero-order valence-electron chi connectivity index (χ0n) is 10.2. The average Bonchev–Trinajstić information content (AvgIpc) is 2.43. The summed E-state index contributed by atoms with van der Waals surface area (Å²) in [5.74, 6) is 0.742. The molecule has 0 aliphatic rings. The first-order valence-corrected chi connectivity index (χ1v) is 7.78. The van der Waals surface area contributed by atoms with E-state index >= 15 is 0 Å².